The molecule has 33 heavy (non-hydrogen) atoms. The van der Waals surface area contributed by atoms with Crippen molar-refractivity contribution < 1.29 is 28.6 Å². The minimum atomic E-state index is -1.93. The first-order valence-corrected chi connectivity index (χ1v) is 12.8. The van der Waals surface area contributed by atoms with Crippen LogP contribution in [-0.4, -0.2) is 45.9 Å². The maximum absolute atomic E-state index is 17.4. The van der Waals surface area contributed by atoms with Gasteiger partial charge in [0.25, 0.3) is 0 Å². The number of ether oxygens (including phenoxy) is 1. The second kappa shape index (κ2) is 7.87. The Kier molecular flexibility index (Phi) is 5.93. The van der Waals surface area contributed by atoms with E-state index in [4.69, 9.17) is 16.3 Å². The molecule has 0 spiro atoms. The second-order valence-electron chi connectivity index (χ2n) is 11.4. The SMILES string of the molecule is CCC(=O)O[C@]1(C(=O)CCl)[C@H](C)C[C@H]2[C@@H]3C[C@H](C)C4=CC(=O)CC[C@]4(C)[C@@]3(F)[C@@H](O)C[C@@]21C. The quantitative estimate of drug-likeness (QED) is 0.469. The van der Waals surface area contributed by atoms with Gasteiger partial charge in [-0.3, -0.25) is 14.4 Å². The first kappa shape index (κ1) is 24.8. The fraction of sp³-hybridized carbons (Fsp3) is 0.808. The normalized spacial score (nSPS) is 48.9. The molecule has 4 aliphatic rings. The van der Waals surface area contributed by atoms with Crippen LogP contribution in [0.4, 0.5) is 4.39 Å². The first-order valence-electron chi connectivity index (χ1n) is 12.3. The number of alkyl halides is 2. The van der Waals surface area contributed by atoms with Gasteiger partial charge in [-0.25, -0.2) is 4.39 Å². The van der Waals surface area contributed by atoms with Gasteiger partial charge in [-0.15, -0.1) is 11.6 Å². The highest BCUT2D eigenvalue weighted by molar-refractivity contribution is 6.29. The topological polar surface area (TPSA) is 80.7 Å². The molecule has 0 bridgehead atoms. The van der Waals surface area contributed by atoms with Crippen molar-refractivity contribution in [2.24, 2.45) is 34.5 Å². The highest BCUT2D eigenvalue weighted by Gasteiger charge is 2.77. The van der Waals surface area contributed by atoms with Crippen molar-refractivity contribution in [1.29, 1.82) is 0 Å². The molecule has 7 heteroatoms. The molecule has 4 aliphatic carbocycles. The number of aliphatic hydroxyl groups excluding tert-OH is 1. The molecule has 3 fully saturated rings. The van der Waals surface area contributed by atoms with Crippen LogP contribution in [0.2, 0.25) is 0 Å². The maximum atomic E-state index is 17.4. The lowest BCUT2D eigenvalue weighted by atomic mass is 9.42. The molecule has 0 aliphatic heterocycles. The molecule has 0 saturated heterocycles. The van der Waals surface area contributed by atoms with E-state index in [1.165, 1.54) is 0 Å². The van der Waals surface area contributed by atoms with Crippen molar-refractivity contribution in [2.45, 2.75) is 90.5 Å². The van der Waals surface area contributed by atoms with E-state index in [2.05, 4.69) is 0 Å². The van der Waals surface area contributed by atoms with Crippen LogP contribution in [0.5, 0.6) is 0 Å². The molecule has 184 valence electrons. The zero-order valence-corrected chi connectivity index (χ0v) is 21.0. The Balaban J connectivity index is 1.87. The average Bonchev–Trinajstić information content (AvgIpc) is 2.98. The Labute approximate surface area is 200 Å². The van der Waals surface area contributed by atoms with Gasteiger partial charge in [-0.05, 0) is 43.6 Å². The summed E-state index contributed by atoms with van der Waals surface area (Å²) in [6.07, 6.45) is 1.98. The summed E-state index contributed by atoms with van der Waals surface area (Å²) in [5.74, 6) is -2.32. The van der Waals surface area contributed by atoms with Crippen LogP contribution in [0.1, 0.15) is 73.1 Å². The maximum Gasteiger partial charge on any atom is 0.306 e. The van der Waals surface area contributed by atoms with Crippen LogP contribution in [0.3, 0.4) is 0 Å². The van der Waals surface area contributed by atoms with Crippen molar-refractivity contribution in [3.8, 4) is 0 Å². The smallest absolute Gasteiger partial charge is 0.306 e. The minimum Gasteiger partial charge on any atom is -0.450 e. The number of rotatable bonds is 4. The van der Waals surface area contributed by atoms with Gasteiger partial charge < -0.3 is 9.84 Å². The van der Waals surface area contributed by atoms with Crippen LogP contribution >= 0.6 is 11.6 Å². The van der Waals surface area contributed by atoms with Crippen LogP contribution in [0.25, 0.3) is 0 Å². The second-order valence-corrected chi connectivity index (χ2v) is 11.7. The monoisotopic (exact) mass is 482 g/mol. The summed E-state index contributed by atoms with van der Waals surface area (Å²) >= 11 is 6.04. The number of aliphatic hydroxyl groups is 1. The molecule has 0 aromatic carbocycles. The van der Waals surface area contributed by atoms with Gasteiger partial charge in [0.2, 0.25) is 0 Å². The van der Waals surface area contributed by atoms with Gasteiger partial charge in [-0.1, -0.05) is 40.2 Å². The summed E-state index contributed by atoms with van der Waals surface area (Å²) in [5.41, 5.74) is -4.51. The van der Waals surface area contributed by atoms with Gasteiger partial charge in [0.1, 0.15) is 5.67 Å². The molecule has 0 aromatic rings. The zero-order valence-electron chi connectivity index (χ0n) is 20.2. The van der Waals surface area contributed by atoms with Crippen LogP contribution < -0.4 is 0 Å². The van der Waals surface area contributed by atoms with Gasteiger partial charge in [0.05, 0.1) is 12.0 Å². The summed E-state index contributed by atoms with van der Waals surface area (Å²) in [6.45, 7) is 9.30. The molecule has 0 aromatic heterocycles. The lowest BCUT2D eigenvalue weighted by Crippen LogP contribution is -2.71. The number of Topliss-reactive ketones (excluding diaryl/α,β-unsaturated/α-hetero) is 1. The molecule has 5 nitrogen and oxygen atoms in total. The summed E-state index contributed by atoms with van der Waals surface area (Å²) in [6, 6.07) is 0. The molecule has 0 radical (unpaired) electrons. The Morgan fingerprint density at radius 1 is 1.24 bits per heavy atom. The summed E-state index contributed by atoms with van der Waals surface area (Å²) in [4.78, 5) is 38.1. The number of esters is 1. The molecule has 1 N–H and O–H groups in total. The Hall–Kier alpha value is -1.27. The Bertz CT molecular complexity index is 918. The van der Waals surface area contributed by atoms with E-state index in [1.54, 1.807) is 13.0 Å². The molecule has 3 saturated carbocycles. The molecule has 9 atom stereocenters. The largest absolute Gasteiger partial charge is 0.450 e. The third-order valence-corrected chi connectivity index (χ3v) is 10.2. The highest BCUT2D eigenvalue weighted by atomic mass is 35.5. The third-order valence-electron chi connectivity index (χ3n) is 10.0. The number of allylic oxidation sites excluding steroid dienone is 1. The molecule has 0 unspecified atom stereocenters. The molecule has 0 heterocycles. The van der Waals surface area contributed by atoms with Gasteiger partial charge in [0, 0.05) is 35.5 Å². The van der Waals surface area contributed by atoms with E-state index >= 15 is 4.39 Å². The van der Waals surface area contributed by atoms with Gasteiger partial charge >= 0.3 is 5.97 Å². The van der Waals surface area contributed by atoms with Crippen molar-refractivity contribution in [1.82, 2.24) is 0 Å². The lowest BCUT2D eigenvalue weighted by Gasteiger charge is -2.64. The fourth-order valence-electron chi connectivity index (χ4n) is 8.51. The van der Waals surface area contributed by atoms with Crippen molar-refractivity contribution >= 4 is 29.1 Å². The van der Waals surface area contributed by atoms with E-state index in [0.29, 0.717) is 19.3 Å². The molecule has 0 amide bonds. The summed E-state index contributed by atoms with van der Waals surface area (Å²) in [5, 5.41) is 11.5. The summed E-state index contributed by atoms with van der Waals surface area (Å²) in [7, 11) is 0. The van der Waals surface area contributed by atoms with E-state index < -0.39 is 40.1 Å². The van der Waals surface area contributed by atoms with E-state index in [1.807, 2.05) is 27.7 Å². The van der Waals surface area contributed by atoms with Crippen molar-refractivity contribution in [3.63, 3.8) is 0 Å². The Morgan fingerprint density at radius 3 is 2.52 bits per heavy atom. The third kappa shape index (κ3) is 2.95. The van der Waals surface area contributed by atoms with Crippen LogP contribution in [-0.2, 0) is 19.1 Å². The predicted molar refractivity (Wildman–Crippen MR) is 122 cm³/mol. The van der Waals surface area contributed by atoms with Crippen LogP contribution in [0.15, 0.2) is 11.6 Å². The number of halogens is 2. The lowest BCUT2D eigenvalue weighted by molar-refractivity contribution is -0.237. The number of carbonyl (C=O) groups is 3. The molecule has 4 rings (SSSR count). The van der Waals surface area contributed by atoms with Crippen LogP contribution in [0, 0.1) is 34.5 Å². The van der Waals surface area contributed by atoms with E-state index in [0.717, 1.165) is 5.57 Å². The van der Waals surface area contributed by atoms with E-state index in [9.17, 15) is 19.5 Å². The van der Waals surface area contributed by atoms with Crippen molar-refractivity contribution in [2.75, 3.05) is 5.88 Å². The highest BCUT2D eigenvalue weighted by Crippen LogP contribution is 2.72. The first-order chi connectivity index (χ1) is 15.3. The minimum absolute atomic E-state index is 0.000171. The van der Waals surface area contributed by atoms with E-state index in [-0.39, 0.29) is 54.5 Å². The number of carbonyl (C=O) groups excluding carboxylic acids is 3. The van der Waals surface area contributed by atoms with Gasteiger partial charge in [-0.2, -0.15) is 0 Å². The molecular weight excluding hydrogens is 447 g/mol. The fourth-order valence-corrected chi connectivity index (χ4v) is 8.71. The number of fused-ring (bicyclic) bond motifs is 5. The molecular formula is C26H36ClFO5. The number of hydrogen-bond donors (Lipinski definition) is 1. The predicted octanol–water partition coefficient (Wildman–Crippen LogP) is 4.57. The van der Waals surface area contributed by atoms with Crippen molar-refractivity contribution in [3.05, 3.63) is 11.6 Å². The Morgan fingerprint density at radius 2 is 1.91 bits per heavy atom. The number of hydrogen-bond acceptors (Lipinski definition) is 5. The standard InChI is InChI=1S/C26H36ClFO5/c1-6-22(32)33-26(21(31)13-27)15(3)10-18-19-9-14(2)17-11-16(29)7-8-23(17,4)25(19,28)20(30)12-24(18,26)5/h11,14-15,18-20,30H,6-10,12-13H2,1-5H3/t14-,15+,18-,19-,20-,23-,24-,25-,26-/m0/s1. The number of ketones is 2. The zero-order chi connectivity index (χ0) is 24.6. The van der Waals surface area contributed by atoms with Gasteiger partial charge in [0.15, 0.2) is 17.2 Å². The summed E-state index contributed by atoms with van der Waals surface area (Å²) < 4.78 is 23.4. The average molecular weight is 483 g/mol.